The topological polar surface area (TPSA) is 521 Å². The lowest BCUT2D eigenvalue weighted by Gasteiger charge is -2.28. The van der Waals surface area contributed by atoms with Crippen LogP contribution in [-0.2, 0) is 80.0 Å². The number of carbonyl (C=O) groups excluding carboxylic acids is 10. The first-order valence-corrected chi connectivity index (χ1v) is 28.8. The highest BCUT2D eigenvalue weighted by Crippen LogP contribution is 2.16. The van der Waals surface area contributed by atoms with Gasteiger partial charge in [0.2, 0.25) is 59.1 Å². The molecule has 2 aromatic carbocycles. The third-order valence-corrected chi connectivity index (χ3v) is 13.4. The molecule has 89 heavy (non-hydrogen) atoms. The normalized spacial score (nSPS) is 14.5. The fourth-order valence-corrected chi connectivity index (χ4v) is 8.76. The molecule has 0 saturated carbocycles. The number of nitrogens with one attached hydrogen (secondary N) is 9. The number of carbonyl (C=O) groups is 14. The number of carboxylic acids is 4. The Morgan fingerprint density at radius 2 is 0.640 bits per heavy atom. The largest absolute Gasteiger partial charge is 0.508 e. The van der Waals surface area contributed by atoms with Crippen LogP contribution in [0.15, 0.2) is 48.5 Å². The van der Waals surface area contributed by atoms with Gasteiger partial charge in [0, 0.05) is 32.1 Å². The maximum atomic E-state index is 14.5. The predicted molar refractivity (Wildman–Crippen MR) is 315 cm³/mol. The summed E-state index contributed by atoms with van der Waals surface area (Å²) < 4.78 is 0. The monoisotopic (exact) mass is 1260 g/mol. The van der Waals surface area contributed by atoms with Crippen LogP contribution in [-0.4, -0.2) is 174 Å². The number of amides is 10. The van der Waals surface area contributed by atoms with E-state index in [9.17, 15) is 97.8 Å². The summed E-state index contributed by atoms with van der Waals surface area (Å²) in [6, 6.07) is -5.73. The van der Waals surface area contributed by atoms with Crippen LogP contribution in [0.5, 0.6) is 11.5 Å². The number of phenolic OH excluding ortho intramolecular Hbond substituents is 2. The molecule has 0 heterocycles. The second kappa shape index (κ2) is 37.3. The van der Waals surface area contributed by atoms with Crippen molar-refractivity contribution in [1.82, 2.24) is 47.9 Å². The molecule has 0 radical (unpaired) electrons. The van der Waals surface area contributed by atoms with Gasteiger partial charge in [-0.05, 0) is 98.6 Å². The van der Waals surface area contributed by atoms with E-state index in [1.54, 1.807) is 27.7 Å². The third kappa shape index (κ3) is 29.2. The average Bonchev–Trinajstić information content (AvgIpc) is 3.65. The molecule has 31 heteroatoms. The second-order valence-electron chi connectivity index (χ2n) is 22.8. The van der Waals surface area contributed by atoms with Crippen molar-refractivity contribution < 1.29 is 97.8 Å². The minimum Gasteiger partial charge on any atom is -0.508 e. The Kier molecular flexibility index (Phi) is 31.7. The van der Waals surface area contributed by atoms with E-state index >= 15 is 0 Å². The lowest BCUT2D eigenvalue weighted by Crippen LogP contribution is -2.61. The van der Waals surface area contributed by atoms with Gasteiger partial charge in [0.25, 0.3) is 0 Å². The molecule has 10 atom stereocenters. The Labute approximate surface area is 513 Å². The van der Waals surface area contributed by atoms with Gasteiger partial charge in [0.1, 0.15) is 65.9 Å². The van der Waals surface area contributed by atoms with Crippen molar-refractivity contribution >= 4 is 82.9 Å². The van der Waals surface area contributed by atoms with Gasteiger partial charge in [-0.3, -0.25) is 67.1 Å². The number of hydrogen-bond acceptors (Lipinski definition) is 17. The van der Waals surface area contributed by atoms with E-state index in [2.05, 4.69) is 47.9 Å². The third-order valence-electron chi connectivity index (χ3n) is 13.4. The molecule has 2 aromatic rings. The molecular formula is C58H85N11O20. The van der Waals surface area contributed by atoms with Crippen molar-refractivity contribution in [2.75, 3.05) is 0 Å². The number of benzene rings is 2. The molecule has 0 aliphatic heterocycles. The Bertz CT molecular complexity index is 2810. The molecule has 19 N–H and O–H groups in total. The van der Waals surface area contributed by atoms with Crippen LogP contribution in [0.3, 0.4) is 0 Å². The van der Waals surface area contributed by atoms with E-state index in [1.807, 2.05) is 13.8 Å². The molecule has 0 fully saturated rings. The smallest absolute Gasteiger partial charge is 0.325 e. The minimum absolute atomic E-state index is 0.0426. The number of carboxylic acid groups (broad SMARTS) is 4. The molecule has 0 bridgehead atoms. The maximum Gasteiger partial charge on any atom is 0.325 e. The van der Waals surface area contributed by atoms with Gasteiger partial charge in [-0.2, -0.15) is 0 Å². The zero-order valence-electron chi connectivity index (χ0n) is 50.7. The van der Waals surface area contributed by atoms with Crippen molar-refractivity contribution in [3.8, 4) is 11.5 Å². The van der Waals surface area contributed by atoms with Gasteiger partial charge in [-0.25, -0.2) is 0 Å². The number of phenols is 2. The van der Waals surface area contributed by atoms with E-state index in [0.717, 1.165) is 6.92 Å². The summed E-state index contributed by atoms with van der Waals surface area (Å²) in [5.74, 6) is -17.6. The first-order valence-electron chi connectivity index (χ1n) is 28.8. The van der Waals surface area contributed by atoms with E-state index < -0.39 is 195 Å². The van der Waals surface area contributed by atoms with Gasteiger partial charge in [0.05, 0.1) is 12.5 Å². The van der Waals surface area contributed by atoms with Crippen LogP contribution >= 0.6 is 0 Å². The van der Waals surface area contributed by atoms with Crippen LogP contribution in [0.2, 0.25) is 0 Å². The Hall–Kier alpha value is -9.42. The van der Waals surface area contributed by atoms with E-state index in [4.69, 9.17) is 11.5 Å². The number of nitrogens with two attached hydrogens (primary N) is 2. The molecule has 0 spiro atoms. The summed E-state index contributed by atoms with van der Waals surface area (Å²) in [6.07, 6.45) is -5.88. The lowest BCUT2D eigenvalue weighted by molar-refractivity contribution is -0.142. The van der Waals surface area contributed by atoms with Crippen LogP contribution in [0.25, 0.3) is 0 Å². The zero-order chi connectivity index (χ0) is 67.4. The van der Waals surface area contributed by atoms with Crippen LogP contribution in [0, 0.1) is 17.8 Å². The van der Waals surface area contributed by atoms with E-state index in [1.165, 1.54) is 48.5 Å². The van der Waals surface area contributed by atoms with Crippen molar-refractivity contribution in [2.24, 2.45) is 29.2 Å². The fourth-order valence-electron chi connectivity index (χ4n) is 8.76. The quantitative estimate of drug-likeness (QED) is 0.0353. The molecule has 0 unspecified atom stereocenters. The highest BCUT2D eigenvalue weighted by atomic mass is 16.4. The molecule has 2 rings (SSSR count). The van der Waals surface area contributed by atoms with Gasteiger partial charge >= 0.3 is 23.9 Å². The first kappa shape index (κ1) is 75.7. The molecular weight excluding hydrogens is 1170 g/mol. The predicted octanol–water partition coefficient (Wildman–Crippen LogP) is -1.71. The van der Waals surface area contributed by atoms with E-state index in [0.29, 0.717) is 12.0 Å². The van der Waals surface area contributed by atoms with Crippen LogP contribution in [0.4, 0.5) is 0 Å². The summed E-state index contributed by atoms with van der Waals surface area (Å²) in [7, 11) is 0. The van der Waals surface area contributed by atoms with Gasteiger partial charge < -0.3 is 90.0 Å². The van der Waals surface area contributed by atoms with Crippen LogP contribution < -0.4 is 59.3 Å². The fraction of sp³-hybridized carbons (Fsp3) is 0.552. The maximum absolute atomic E-state index is 14.5. The Morgan fingerprint density at radius 3 is 0.955 bits per heavy atom. The van der Waals surface area contributed by atoms with Crippen LogP contribution in [0.1, 0.15) is 124 Å². The standard InChI is InChI=1S/C58H85N11O20/c1-28(2)22-36(59)49(79)65-40(23-29(3)4)55(85)66-41(24-30(5)6)54(84)63-39(18-21-48(77)78)52(82)69-44(27-45(60)72)57(87)68-43(26-33-10-14-35(71)15-11-33)56(86)64-37(16-19-46(73)74)50(80)62-38(17-20-47(75)76)51(81)67-42(53(83)61-31(7)58(88)89)25-32-8-12-34(70)13-9-32/h8-15,28-31,36-44,70-71H,16-27,59H2,1-7H3,(H2,60,72)(H,61,83)(H,62,80)(H,63,84)(H,64,86)(H,65,79)(H,66,85)(H,67,81)(H,68,87)(H,69,82)(H,73,74)(H,75,76)(H,77,78)(H,88,89)/t31-,36-,37-,38-,39-,40-,41-,42-,43-,44-/m0/s1. The number of rotatable bonds is 40. The number of hydrogen-bond donors (Lipinski definition) is 17. The van der Waals surface area contributed by atoms with Gasteiger partial charge in [-0.1, -0.05) is 65.8 Å². The molecule has 492 valence electrons. The summed E-state index contributed by atoms with van der Waals surface area (Å²) in [6.45, 7) is 11.9. The summed E-state index contributed by atoms with van der Waals surface area (Å²) >= 11 is 0. The zero-order valence-corrected chi connectivity index (χ0v) is 50.7. The van der Waals surface area contributed by atoms with E-state index in [-0.39, 0.29) is 54.1 Å². The summed E-state index contributed by atoms with van der Waals surface area (Å²) in [5, 5.41) is 79.6. The molecule has 0 saturated heterocycles. The molecule has 0 aromatic heterocycles. The minimum atomic E-state index is -2.01. The Morgan fingerprint density at radius 1 is 0.371 bits per heavy atom. The van der Waals surface area contributed by atoms with Gasteiger partial charge in [-0.15, -0.1) is 0 Å². The van der Waals surface area contributed by atoms with Crippen molar-refractivity contribution in [3.63, 3.8) is 0 Å². The number of aliphatic carboxylic acids is 4. The second-order valence-corrected chi connectivity index (χ2v) is 22.8. The van der Waals surface area contributed by atoms with Crippen molar-refractivity contribution in [3.05, 3.63) is 59.7 Å². The SMILES string of the molecule is CC(C)C[C@H](NC(=O)[C@H](CC(C)C)NC(=O)[C@@H](N)CC(C)C)C(=O)N[C@@H](CCC(=O)O)C(=O)N[C@@H](CC(N)=O)C(=O)N[C@@H](Cc1ccc(O)cc1)C(=O)N[C@@H](CCC(=O)O)C(=O)N[C@@H](CCC(=O)O)C(=O)N[C@@H](Cc1ccc(O)cc1)C(=O)N[C@@H](C)C(=O)O. The van der Waals surface area contributed by atoms with Crippen molar-refractivity contribution in [2.45, 2.75) is 186 Å². The highest BCUT2D eigenvalue weighted by molar-refractivity contribution is 6.00. The summed E-state index contributed by atoms with van der Waals surface area (Å²) in [5.41, 5.74) is 12.2. The molecule has 31 nitrogen and oxygen atoms in total. The average molecular weight is 1260 g/mol. The lowest BCUT2D eigenvalue weighted by atomic mass is 9.98. The number of aromatic hydroxyl groups is 2. The van der Waals surface area contributed by atoms with Crippen molar-refractivity contribution in [1.29, 1.82) is 0 Å². The number of primary amides is 1. The first-order chi connectivity index (χ1) is 41.5. The highest BCUT2D eigenvalue weighted by Gasteiger charge is 2.37. The molecule has 0 aliphatic carbocycles. The molecule has 0 aliphatic rings. The van der Waals surface area contributed by atoms with Gasteiger partial charge in [0.15, 0.2) is 0 Å². The molecule has 10 amide bonds. The Balaban J connectivity index is 2.60. The summed E-state index contributed by atoms with van der Waals surface area (Å²) in [4.78, 5) is 185.